The van der Waals surface area contributed by atoms with E-state index in [9.17, 15) is 18.0 Å². The van der Waals surface area contributed by atoms with Gasteiger partial charge in [-0.05, 0) is 48.5 Å². The second-order valence-corrected chi connectivity index (χ2v) is 9.68. The maximum absolute atomic E-state index is 12.8. The molecule has 4 rings (SSSR count). The zero-order valence-corrected chi connectivity index (χ0v) is 18.7. The van der Waals surface area contributed by atoms with E-state index in [1.165, 1.54) is 29.2 Å². The first-order chi connectivity index (χ1) is 15.3. The third-order valence-electron chi connectivity index (χ3n) is 4.77. The number of hydrogen-bond acceptors (Lipinski definition) is 6. The first kappa shape index (κ1) is 21.9. The standard InChI is InChI=1S/C24H19NO5S2/c1-17-11-13-20(14-12-17)32(28,29)30-21-10-6-5-9-19(21)15-22-23(26)25(24(27)31-22)16-18-7-3-2-4-8-18/h2-15H,16H2,1H3/b22-15-. The lowest BCUT2D eigenvalue weighted by atomic mass is 10.2. The highest BCUT2D eigenvalue weighted by molar-refractivity contribution is 8.18. The number of carbonyl (C=O) groups is 2. The van der Waals surface area contributed by atoms with Gasteiger partial charge < -0.3 is 4.18 Å². The van der Waals surface area contributed by atoms with Crippen molar-refractivity contribution < 1.29 is 22.2 Å². The number of thioether (sulfide) groups is 1. The third-order valence-corrected chi connectivity index (χ3v) is 6.93. The molecule has 32 heavy (non-hydrogen) atoms. The largest absolute Gasteiger partial charge is 0.378 e. The molecule has 0 saturated carbocycles. The molecule has 1 saturated heterocycles. The molecule has 0 atom stereocenters. The molecule has 8 heteroatoms. The summed E-state index contributed by atoms with van der Waals surface area (Å²) in [5.41, 5.74) is 2.15. The number of carbonyl (C=O) groups excluding carboxylic acids is 2. The zero-order chi connectivity index (χ0) is 22.7. The lowest BCUT2D eigenvalue weighted by Gasteiger charge is -2.12. The highest BCUT2D eigenvalue weighted by Gasteiger charge is 2.35. The lowest BCUT2D eigenvalue weighted by Crippen LogP contribution is -2.27. The molecule has 0 spiro atoms. The first-order valence-electron chi connectivity index (χ1n) is 9.73. The van der Waals surface area contributed by atoms with Crippen molar-refractivity contribution in [1.82, 2.24) is 4.90 Å². The van der Waals surface area contributed by atoms with E-state index in [-0.39, 0.29) is 27.3 Å². The minimum Gasteiger partial charge on any atom is -0.378 e. The molecule has 0 aromatic heterocycles. The molecular weight excluding hydrogens is 446 g/mol. The third kappa shape index (κ3) is 4.76. The molecule has 3 aromatic carbocycles. The number of benzene rings is 3. The molecule has 1 aliphatic heterocycles. The van der Waals surface area contributed by atoms with Crippen molar-refractivity contribution in [3.05, 3.63) is 100 Å². The zero-order valence-electron chi connectivity index (χ0n) is 17.1. The fraction of sp³-hybridized carbons (Fsp3) is 0.0833. The second-order valence-electron chi connectivity index (χ2n) is 7.14. The van der Waals surface area contributed by atoms with Crippen molar-refractivity contribution >= 4 is 39.1 Å². The molecule has 0 unspecified atom stereocenters. The fourth-order valence-corrected chi connectivity index (χ4v) is 4.87. The van der Waals surface area contributed by atoms with Gasteiger partial charge in [-0.15, -0.1) is 0 Å². The molecule has 162 valence electrons. The van der Waals surface area contributed by atoms with Gasteiger partial charge in [-0.1, -0.05) is 66.2 Å². The SMILES string of the molecule is Cc1ccc(S(=O)(=O)Oc2ccccc2/C=C2\SC(=O)N(Cc3ccccc3)C2=O)cc1. The normalized spacial score (nSPS) is 15.4. The van der Waals surface area contributed by atoms with E-state index >= 15 is 0 Å². The smallest absolute Gasteiger partial charge is 0.339 e. The van der Waals surface area contributed by atoms with Crippen LogP contribution in [0.25, 0.3) is 6.08 Å². The number of imide groups is 1. The fourth-order valence-electron chi connectivity index (χ4n) is 3.09. The van der Waals surface area contributed by atoms with Crippen LogP contribution < -0.4 is 4.18 Å². The van der Waals surface area contributed by atoms with Gasteiger partial charge in [-0.25, -0.2) is 0 Å². The van der Waals surface area contributed by atoms with E-state index in [1.54, 1.807) is 30.3 Å². The van der Waals surface area contributed by atoms with E-state index in [0.29, 0.717) is 5.56 Å². The van der Waals surface area contributed by atoms with Crippen LogP contribution in [0.4, 0.5) is 4.79 Å². The summed E-state index contributed by atoms with van der Waals surface area (Å²) in [6, 6.07) is 22.0. The Morgan fingerprint density at radius 1 is 0.906 bits per heavy atom. The summed E-state index contributed by atoms with van der Waals surface area (Å²) < 4.78 is 30.8. The van der Waals surface area contributed by atoms with Crippen molar-refractivity contribution in [2.75, 3.05) is 0 Å². The van der Waals surface area contributed by atoms with Gasteiger partial charge in [0.1, 0.15) is 10.6 Å². The Labute approximate surface area is 190 Å². The monoisotopic (exact) mass is 465 g/mol. The maximum Gasteiger partial charge on any atom is 0.339 e. The molecule has 1 aliphatic rings. The lowest BCUT2D eigenvalue weighted by molar-refractivity contribution is -0.123. The van der Waals surface area contributed by atoms with E-state index in [0.717, 1.165) is 22.9 Å². The predicted octanol–water partition coefficient (Wildman–Crippen LogP) is 5.00. The molecule has 6 nitrogen and oxygen atoms in total. The number of aryl methyl sites for hydroxylation is 1. The van der Waals surface area contributed by atoms with Crippen molar-refractivity contribution in [3.8, 4) is 5.75 Å². The Morgan fingerprint density at radius 2 is 1.56 bits per heavy atom. The highest BCUT2D eigenvalue weighted by Crippen LogP contribution is 2.35. The Balaban J connectivity index is 1.59. The molecule has 2 amide bonds. The summed E-state index contributed by atoms with van der Waals surface area (Å²) in [7, 11) is -4.06. The van der Waals surface area contributed by atoms with E-state index in [4.69, 9.17) is 4.18 Å². The molecule has 1 heterocycles. The molecule has 0 radical (unpaired) electrons. The molecule has 0 bridgehead atoms. The topological polar surface area (TPSA) is 80.8 Å². The molecule has 0 aliphatic carbocycles. The molecule has 0 N–H and O–H groups in total. The van der Waals surface area contributed by atoms with Gasteiger partial charge in [-0.3, -0.25) is 14.5 Å². The van der Waals surface area contributed by atoms with Crippen LogP contribution in [0.1, 0.15) is 16.7 Å². The minimum absolute atomic E-state index is 0.0288. The number of amides is 2. The number of nitrogens with zero attached hydrogens (tertiary/aromatic N) is 1. The molecule has 3 aromatic rings. The minimum atomic E-state index is -4.06. The van der Waals surface area contributed by atoms with Crippen LogP contribution in [0, 0.1) is 6.92 Å². The number of rotatable bonds is 6. The van der Waals surface area contributed by atoms with E-state index < -0.39 is 16.0 Å². The Hall–Kier alpha value is -3.36. The Bertz CT molecular complexity index is 1300. The van der Waals surface area contributed by atoms with Gasteiger partial charge in [-0.2, -0.15) is 8.42 Å². The van der Waals surface area contributed by atoms with Crippen molar-refractivity contribution in [2.45, 2.75) is 18.4 Å². The summed E-state index contributed by atoms with van der Waals surface area (Å²) in [4.78, 5) is 26.6. The van der Waals surface area contributed by atoms with Crippen LogP contribution in [-0.2, 0) is 21.5 Å². The summed E-state index contributed by atoms with van der Waals surface area (Å²) in [6.45, 7) is 2.03. The van der Waals surface area contributed by atoms with Crippen molar-refractivity contribution in [2.24, 2.45) is 0 Å². The van der Waals surface area contributed by atoms with Gasteiger partial charge in [0.05, 0.1) is 11.4 Å². The van der Waals surface area contributed by atoms with Crippen molar-refractivity contribution in [3.63, 3.8) is 0 Å². The van der Waals surface area contributed by atoms with Gasteiger partial charge in [0, 0.05) is 5.56 Å². The van der Waals surface area contributed by atoms with Crippen LogP contribution in [0.5, 0.6) is 5.75 Å². The second kappa shape index (κ2) is 9.02. The first-order valence-corrected chi connectivity index (χ1v) is 12.0. The predicted molar refractivity (Wildman–Crippen MR) is 123 cm³/mol. The van der Waals surface area contributed by atoms with Gasteiger partial charge >= 0.3 is 10.1 Å². The average Bonchev–Trinajstić information content (AvgIpc) is 3.03. The van der Waals surface area contributed by atoms with Gasteiger partial charge in [0.25, 0.3) is 11.1 Å². The van der Waals surface area contributed by atoms with Crippen LogP contribution >= 0.6 is 11.8 Å². The van der Waals surface area contributed by atoms with Crippen LogP contribution in [-0.4, -0.2) is 24.5 Å². The van der Waals surface area contributed by atoms with Gasteiger partial charge in [0.2, 0.25) is 0 Å². The van der Waals surface area contributed by atoms with Crippen LogP contribution in [0.3, 0.4) is 0 Å². The number of para-hydroxylation sites is 1. The molecule has 1 fully saturated rings. The van der Waals surface area contributed by atoms with Crippen molar-refractivity contribution in [1.29, 1.82) is 0 Å². The summed E-state index contributed by atoms with van der Waals surface area (Å²) in [5.74, 6) is -0.358. The van der Waals surface area contributed by atoms with Crippen LogP contribution in [0.2, 0.25) is 0 Å². The summed E-state index contributed by atoms with van der Waals surface area (Å²) in [6.07, 6.45) is 1.48. The molecular formula is C24H19NO5S2. The highest BCUT2D eigenvalue weighted by atomic mass is 32.2. The summed E-state index contributed by atoms with van der Waals surface area (Å²) >= 11 is 0.814. The quantitative estimate of drug-likeness (QED) is 0.376. The summed E-state index contributed by atoms with van der Waals surface area (Å²) in [5, 5.41) is -0.379. The Morgan fingerprint density at radius 3 is 2.28 bits per heavy atom. The average molecular weight is 466 g/mol. The van der Waals surface area contributed by atoms with Crippen LogP contribution in [0.15, 0.2) is 88.7 Å². The number of hydrogen-bond donors (Lipinski definition) is 0. The Kier molecular flexibility index (Phi) is 6.16. The maximum atomic E-state index is 12.8. The van der Waals surface area contributed by atoms with Gasteiger partial charge in [0.15, 0.2) is 0 Å². The van der Waals surface area contributed by atoms with E-state index in [1.807, 2.05) is 37.3 Å². The van der Waals surface area contributed by atoms with E-state index in [2.05, 4.69) is 0 Å².